The minimum atomic E-state index is -0.265. The van der Waals surface area contributed by atoms with Gasteiger partial charge in [0, 0.05) is 58.6 Å². The second-order valence-electron chi connectivity index (χ2n) is 6.99. The van der Waals surface area contributed by atoms with Gasteiger partial charge in [-0.05, 0) is 12.1 Å². The summed E-state index contributed by atoms with van der Waals surface area (Å²) in [6, 6.07) is 5.36. The molecule has 0 bridgehead atoms. The fraction of sp³-hybridized carbons (Fsp3) is 0.474. The topological polar surface area (TPSA) is 83.8 Å². The molecular formula is C19H24N6O3. The molecule has 2 aliphatic rings. The molecule has 9 nitrogen and oxygen atoms in total. The summed E-state index contributed by atoms with van der Waals surface area (Å²) in [5.41, 5.74) is 0.992. The van der Waals surface area contributed by atoms with Crippen LogP contribution in [-0.2, 0) is 11.8 Å². The van der Waals surface area contributed by atoms with E-state index in [2.05, 4.69) is 20.0 Å². The predicted octanol–water partition coefficient (Wildman–Crippen LogP) is -0.0257. The van der Waals surface area contributed by atoms with Crippen molar-refractivity contribution < 1.29 is 9.53 Å². The van der Waals surface area contributed by atoms with Crippen LogP contribution in [0.4, 0.5) is 11.5 Å². The summed E-state index contributed by atoms with van der Waals surface area (Å²) in [6.07, 6.45) is 3.43. The van der Waals surface area contributed by atoms with E-state index >= 15 is 0 Å². The maximum atomic E-state index is 12.7. The Balaban J connectivity index is 1.42. The number of carbonyl (C=O) groups is 1. The highest BCUT2D eigenvalue weighted by atomic mass is 16.5. The number of hydrogen-bond donors (Lipinski definition) is 0. The minimum Gasteiger partial charge on any atom is -0.378 e. The lowest BCUT2D eigenvalue weighted by Gasteiger charge is -2.35. The third-order valence-electron chi connectivity index (χ3n) is 5.25. The SMILES string of the molecule is Cn1cccc(C(=O)N2CCN(c3cc(N4CCOCC4)cnn3)CC2)c1=O. The van der Waals surface area contributed by atoms with Crippen molar-refractivity contribution in [3.8, 4) is 0 Å². The molecule has 0 spiro atoms. The fourth-order valence-electron chi connectivity index (χ4n) is 3.56. The summed E-state index contributed by atoms with van der Waals surface area (Å²) >= 11 is 0. The number of rotatable bonds is 3. The van der Waals surface area contributed by atoms with Crippen LogP contribution in [0.5, 0.6) is 0 Å². The Labute approximate surface area is 163 Å². The molecule has 0 atom stereocenters. The predicted molar refractivity (Wildman–Crippen MR) is 105 cm³/mol. The van der Waals surface area contributed by atoms with Gasteiger partial charge in [0.15, 0.2) is 5.82 Å². The molecule has 2 aliphatic heterocycles. The average Bonchev–Trinajstić information content (AvgIpc) is 2.76. The number of aromatic nitrogens is 3. The average molecular weight is 384 g/mol. The fourth-order valence-corrected chi connectivity index (χ4v) is 3.56. The first-order valence-corrected chi connectivity index (χ1v) is 9.49. The first kappa shape index (κ1) is 18.4. The highest BCUT2D eigenvalue weighted by molar-refractivity contribution is 5.94. The summed E-state index contributed by atoms with van der Waals surface area (Å²) in [7, 11) is 1.65. The molecule has 2 fully saturated rings. The van der Waals surface area contributed by atoms with Crippen LogP contribution < -0.4 is 15.4 Å². The lowest BCUT2D eigenvalue weighted by molar-refractivity contribution is 0.0744. The van der Waals surface area contributed by atoms with Crippen LogP contribution >= 0.6 is 0 Å². The Kier molecular flexibility index (Phi) is 5.25. The molecule has 9 heteroatoms. The normalized spacial score (nSPS) is 17.7. The zero-order valence-corrected chi connectivity index (χ0v) is 16.0. The summed E-state index contributed by atoms with van der Waals surface area (Å²) in [5.74, 6) is 0.598. The van der Waals surface area contributed by atoms with Gasteiger partial charge in [0.25, 0.3) is 11.5 Å². The summed E-state index contributed by atoms with van der Waals surface area (Å²) in [4.78, 5) is 31.0. The van der Waals surface area contributed by atoms with Gasteiger partial charge in [-0.1, -0.05) is 0 Å². The lowest BCUT2D eigenvalue weighted by Crippen LogP contribution is -2.50. The van der Waals surface area contributed by atoms with Gasteiger partial charge in [-0.3, -0.25) is 9.59 Å². The third-order valence-corrected chi connectivity index (χ3v) is 5.25. The number of amides is 1. The number of aryl methyl sites for hydroxylation is 1. The van der Waals surface area contributed by atoms with E-state index in [0.29, 0.717) is 26.2 Å². The molecule has 0 unspecified atom stereocenters. The van der Waals surface area contributed by atoms with Crippen LogP contribution in [0.15, 0.2) is 35.4 Å². The van der Waals surface area contributed by atoms with Crippen LogP contribution in [0.2, 0.25) is 0 Å². The monoisotopic (exact) mass is 384 g/mol. The van der Waals surface area contributed by atoms with Gasteiger partial charge in [0.05, 0.1) is 25.1 Å². The van der Waals surface area contributed by atoms with Crippen molar-refractivity contribution in [2.75, 3.05) is 62.3 Å². The number of nitrogens with zero attached hydrogens (tertiary/aromatic N) is 6. The van der Waals surface area contributed by atoms with Gasteiger partial charge in [0.1, 0.15) is 5.56 Å². The zero-order valence-electron chi connectivity index (χ0n) is 16.0. The molecule has 1 amide bonds. The van der Waals surface area contributed by atoms with Gasteiger partial charge in [-0.2, -0.15) is 5.10 Å². The van der Waals surface area contributed by atoms with Gasteiger partial charge in [-0.15, -0.1) is 5.10 Å². The number of anilines is 2. The van der Waals surface area contributed by atoms with Crippen molar-refractivity contribution in [3.63, 3.8) is 0 Å². The molecule has 28 heavy (non-hydrogen) atoms. The van der Waals surface area contributed by atoms with E-state index in [0.717, 1.165) is 37.8 Å². The van der Waals surface area contributed by atoms with Crippen LogP contribution in [0.1, 0.15) is 10.4 Å². The quantitative estimate of drug-likeness (QED) is 0.735. The van der Waals surface area contributed by atoms with E-state index in [1.807, 2.05) is 6.07 Å². The van der Waals surface area contributed by atoms with Crippen molar-refractivity contribution in [3.05, 3.63) is 46.5 Å². The number of morpholine rings is 1. The lowest BCUT2D eigenvalue weighted by atomic mass is 10.2. The van der Waals surface area contributed by atoms with Crippen LogP contribution in [0.25, 0.3) is 0 Å². The van der Waals surface area contributed by atoms with E-state index in [-0.39, 0.29) is 17.0 Å². The number of ether oxygens (including phenoxy) is 1. The number of carbonyl (C=O) groups excluding carboxylic acids is 1. The third kappa shape index (κ3) is 3.70. The maximum absolute atomic E-state index is 12.7. The molecule has 2 aromatic heterocycles. The summed E-state index contributed by atoms with van der Waals surface area (Å²) in [5, 5.41) is 8.43. The van der Waals surface area contributed by atoms with Crippen molar-refractivity contribution in [1.29, 1.82) is 0 Å². The highest BCUT2D eigenvalue weighted by Gasteiger charge is 2.25. The molecule has 4 rings (SSSR count). The van der Waals surface area contributed by atoms with E-state index in [1.54, 1.807) is 36.5 Å². The second-order valence-corrected chi connectivity index (χ2v) is 6.99. The van der Waals surface area contributed by atoms with Crippen LogP contribution in [0.3, 0.4) is 0 Å². The molecule has 0 aliphatic carbocycles. The Morgan fingerprint density at radius 1 is 1.07 bits per heavy atom. The van der Waals surface area contributed by atoms with Crippen molar-refractivity contribution in [1.82, 2.24) is 19.7 Å². The van der Waals surface area contributed by atoms with E-state index in [4.69, 9.17) is 4.74 Å². The Bertz CT molecular complexity index is 901. The molecule has 148 valence electrons. The van der Waals surface area contributed by atoms with E-state index in [1.165, 1.54) is 4.57 Å². The largest absolute Gasteiger partial charge is 0.378 e. The zero-order chi connectivity index (χ0) is 19.5. The molecular weight excluding hydrogens is 360 g/mol. The van der Waals surface area contributed by atoms with E-state index < -0.39 is 0 Å². The Morgan fingerprint density at radius 2 is 1.82 bits per heavy atom. The van der Waals surface area contributed by atoms with Gasteiger partial charge < -0.3 is 24.0 Å². The molecule has 4 heterocycles. The van der Waals surface area contributed by atoms with Crippen LogP contribution in [-0.4, -0.2) is 78.1 Å². The Morgan fingerprint density at radius 3 is 2.57 bits per heavy atom. The van der Waals surface area contributed by atoms with Gasteiger partial charge in [-0.25, -0.2) is 0 Å². The van der Waals surface area contributed by atoms with E-state index in [9.17, 15) is 9.59 Å². The minimum absolute atomic E-state index is 0.214. The first-order valence-electron chi connectivity index (χ1n) is 9.49. The number of hydrogen-bond acceptors (Lipinski definition) is 7. The molecule has 2 aromatic rings. The van der Waals surface area contributed by atoms with Crippen molar-refractivity contribution in [2.24, 2.45) is 7.05 Å². The first-order chi connectivity index (χ1) is 13.6. The number of piperazine rings is 1. The molecule has 0 radical (unpaired) electrons. The van der Waals surface area contributed by atoms with Crippen molar-refractivity contribution in [2.45, 2.75) is 0 Å². The molecule has 2 saturated heterocycles. The van der Waals surface area contributed by atoms with Crippen molar-refractivity contribution >= 4 is 17.4 Å². The highest BCUT2D eigenvalue weighted by Crippen LogP contribution is 2.21. The molecule has 0 N–H and O–H groups in total. The maximum Gasteiger partial charge on any atom is 0.263 e. The van der Waals surface area contributed by atoms with Crippen LogP contribution in [0, 0.1) is 0 Å². The molecule has 0 aromatic carbocycles. The number of pyridine rings is 1. The van der Waals surface area contributed by atoms with Gasteiger partial charge >= 0.3 is 0 Å². The standard InChI is InChI=1S/C19H24N6O3/c1-22-4-2-3-16(18(22)26)19(27)25-7-5-24(6-8-25)17-13-15(14-20-21-17)23-9-11-28-12-10-23/h2-4,13-14H,5-12H2,1H3. The summed E-state index contributed by atoms with van der Waals surface area (Å²) < 4.78 is 6.83. The Hall–Kier alpha value is -2.94. The summed E-state index contributed by atoms with van der Waals surface area (Å²) in [6.45, 7) is 5.52. The second kappa shape index (κ2) is 7.97. The smallest absolute Gasteiger partial charge is 0.263 e. The van der Waals surface area contributed by atoms with Gasteiger partial charge in [0.2, 0.25) is 0 Å². The molecule has 0 saturated carbocycles.